The Bertz CT molecular complexity index is 1570. The van der Waals surface area contributed by atoms with Crippen LogP contribution in [-0.4, -0.2) is 60.3 Å². The summed E-state index contributed by atoms with van der Waals surface area (Å²) in [5.74, 6) is 0.103. The third-order valence-corrected chi connectivity index (χ3v) is 8.82. The molecule has 2 saturated heterocycles. The monoisotopic (exact) mass is 513 g/mol. The van der Waals surface area contributed by atoms with Gasteiger partial charge in [-0.2, -0.15) is 4.52 Å². The molecular weight excluding hydrogens is 490 g/mol. The van der Waals surface area contributed by atoms with Gasteiger partial charge in [0.1, 0.15) is 5.82 Å². The second kappa shape index (κ2) is 8.12. The fourth-order valence-electron chi connectivity index (χ4n) is 4.81. The van der Waals surface area contributed by atoms with Crippen molar-refractivity contribution in [2.75, 3.05) is 31.2 Å². The summed E-state index contributed by atoms with van der Waals surface area (Å²) in [5, 5.41) is 9.41. The summed E-state index contributed by atoms with van der Waals surface area (Å²) < 4.78 is 40.4. The van der Waals surface area contributed by atoms with Crippen LogP contribution < -0.4 is 4.90 Å². The molecule has 0 aliphatic carbocycles. The van der Waals surface area contributed by atoms with Crippen molar-refractivity contribution >= 4 is 43.8 Å². The minimum atomic E-state index is -3.95. The molecule has 0 N–H and O–H groups in total. The molecular formula is C24H24ClN5O4S. The standard InChI is InChI=1S/C24H24ClN5O4S/c1-15-3-5-18(13-16(15)2)35(31,32)23-22-26-21(29-9-7-24(8-10-29)33-11-12-34-24)19-14-17(25)4-6-20(19)30(22)28-27-23/h3-6,13-14H,7-12H2,1-2H3. The number of sulfone groups is 1. The molecule has 0 amide bonds. The smallest absolute Gasteiger partial charge is 0.229 e. The van der Waals surface area contributed by atoms with Crippen LogP contribution in [0.25, 0.3) is 16.6 Å². The Morgan fingerprint density at radius 1 is 1.00 bits per heavy atom. The second-order valence-corrected chi connectivity index (χ2v) is 11.4. The number of aromatic nitrogens is 4. The normalized spacial score (nSPS) is 18.2. The molecule has 11 heteroatoms. The van der Waals surface area contributed by atoms with Gasteiger partial charge in [0.15, 0.2) is 11.4 Å². The van der Waals surface area contributed by atoms with Crippen molar-refractivity contribution in [2.24, 2.45) is 0 Å². The SMILES string of the molecule is Cc1ccc(S(=O)(=O)c2nnn3c2nc(N2CCC4(CC2)OCCO4)c2cc(Cl)ccc23)cc1C. The van der Waals surface area contributed by atoms with Gasteiger partial charge in [-0.15, -0.1) is 5.10 Å². The first kappa shape index (κ1) is 22.7. The Hall–Kier alpha value is -2.79. The number of fused-ring (bicyclic) bond motifs is 3. The predicted molar refractivity (Wildman–Crippen MR) is 131 cm³/mol. The van der Waals surface area contributed by atoms with Gasteiger partial charge in [-0.1, -0.05) is 22.9 Å². The number of anilines is 1. The zero-order valence-corrected chi connectivity index (χ0v) is 20.9. The van der Waals surface area contributed by atoms with E-state index in [4.69, 9.17) is 26.1 Å². The minimum absolute atomic E-state index is 0.165. The zero-order chi connectivity index (χ0) is 24.4. The van der Waals surface area contributed by atoms with Gasteiger partial charge < -0.3 is 14.4 Å². The number of rotatable bonds is 3. The number of benzene rings is 2. The summed E-state index contributed by atoms with van der Waals surface area (Å²) in [4.78, 5) is 7.10. The van der Waals surface area contributed by atoms with Crippen LogP contribution in [0.15, 0.2) is 46.3 Å². The summed E-state index contributed by atoms with van der Waals surface area (Å²) in [7, 11) is -3.95. The van der Waals surface area contributed by atoms with Crippen LogP contribution in [-0.2, 0) is 19.3 Å². The highest BCUT2D eigenvalue weighted by atomic mass is 35.5. The number of ether oxygens (including phenoxy) is 2. The van der Waals surface area contributed by atoms with E-state index in [0.29, 0.717) is 55.5 Å². The van der Waals surface area contributed by atoms with Gasteiger partial charge >= 0.3 is 0 Å². The molecule has 4 aromatic rings. The van der Waals surface area contributed by atoms with Gasteiger partial charge in [0, 0.05) is 36.3 Å². The summed E-state index contributed by atoms with van der Waals surface area (Å²) in [6.45, 7) is 6.31. The maximum Gasteiger partial charge on any atom is 0.229 e. The average molecular weight is 514 g/mol. The number of halogens is 1. The van der Waals surface area contributed by atoms with Crippen LogP contribution in [0.5, 0.6) is 0 Å². The van der Waals surface area contributed by atoms with Crippen molar-refractivity contribution in [3.63, 3.8) is 0 Å². The summed E-state index contributed by atoms with van der Waals surface area (Å²) in [6.07, 6.45) is 1.38. The molecule has 0 unspecified atom stereocenters. The minimum Gasteiger partial charge on any atom is -0.356 e. The third-order valence-electron chi connectivity index (χ3n) is 6.94. The van der Waals surface area contributed by atoms with Gasteiger partial charge in [-0.3, -0.25) is 0 Å². The lowest BCUT2D eigenvalue weighted by Gasteiger charge is -2.38. The Morgan fingerprint density at radius 2 is 1.74 bits per heavy atom. The molecule has 2 aliphatic heterocycles. The zero-order valence-electron chi connectivity index (χ0n) is 19.4. The van der Waals surface area contributed by atoms with E-state index in [2.05, 4.69) is 15.2 Å². The van der Waals surface area contributed by atoms with E-state index in [0.717, 1.165) is 16.5 Å². The highest BCUT2D eigenvalue weighted by Gasteiger charge is 2.40. The van der Waals surface area contributed by atoms with Gasteiger partial charge in [0.05, 0.1) is 23.6 Å². The molecule has 0 radical (unpaired) electrons. The van der Waals surface area contributed by atoms with Crippen LogP contribution in [0.2, 0.25) is 5.02 Å². The average Bonchev–Trinajstić information content (AvgIpc) is 3.48. The first-order valence-corrected chi connectivity index (χ1v) is 13.3. The molecule has 182 valence electrons. The molecule has 0 bridgehead atoms. The Morgan fingerprint density at radius 3 is 2.46 bits per heavy atom. The van der Waals surface area contributed by atoms with E-state index in [1.54, 1.807) is 24.3 Å². The number of hydrogen-bond acceptors (Lipinski definition) is 8. The Labute approximate surface area is 207 Å². The molecule has 1 spiro atoms. The molecule has 0 atom stereocenters. The van der Waals surface area contributed by atoms with Crippen molar-refractivity contribution in [3.8, 4) is 0 Å². The van der Waals surface area contributed by atoms with Gasteiger partial charge in [0.2, 0.25) is 14.9 Å². The third kappa shape index (κ3) is 3.67. The van der Waals surface area contributed by atoms with Gasteiger partial charge in [-0.25, -0.2) is 13.4 Å². The molecule has 0 saturated carbocycles. The maximum absolute atomic E-state index is 13.6. The predicted octanol–water partition coefficient (Wildman–Crippen LogP) is 3.72. The molecule has 2 fully saturated rings. The van der Waals surface area contributed by atoms with Crippen molar-refractivity contribution in [1.29, 1.82) is 0 Å². The molecule has 9 nitrogen and oxygen atoms in total. The number of piperidine rings is 1. The lowest BCUT2D eigenvalue weighted by Crippen LogP contribution is -2.45. The van der Waals surface area contributed by atoms with E-state index in [-0.39, 0.29) is 15.6 Å². The van der Waals surface area contributed by atoms with Crippen LogP contribution >= 0.6 is 11.6 Å². The lowest BCUT2D eigenvalue weighted by atomic mass is 10.0. The highest BCUT2D eigenvalue weighted by Crippen LogP contribution is 2.36. The second-order valence-electron chi connectivity index (χ2n) is 9.07. The van der Waals surface area contributed by atoms with E-state index >= 15 is 0 Å². The van der Waals surface area contributed by atoms with E-state index < -0.39 is 15.6 Å². The van der Waals surface area contributed by atoms with Crippen molar-refractivity contribution in [2.45, 2.75) is 42.4 Å². The Balaban J connectivity index is 1.51. The molecule has 6 rings (SSSR count). The fraction of sp³-hybridized carbons (Fsp3) is 0.375. The molecule has 35 heavy (non-hydrogen) atoms. The summed E-state index contributed by atoms with van der Waals surface area (Å²) in [5.41, 5.74) is 2.76. The van der Waals surface area contributed by atoms with Crippen LogP contribution in [0.4, 0.5) is 5.82 Å². The van der Waals surface area contributed by atoms with Crippen molar-refractivity contribution < 1.29 is 17.9 Å². The van der Waals surface area contributed by atoms with Gasteiger partial charge in [0.25, 0.3) is 0 Å². The first-order chi connectivity index (χ1) is 16.8. The van der Waals surface area contributed by atoms with Crippen LogP contribution in [0, 0.1) is 13.8 Å². The largest absolute Gasteiger partial charge is 0.356 e. The number of aryl methyl sites for hydroxylation is 2. The number of hydrogen-bond donors (Lipinski definition) is 0. The molecule has 2 aromatic carbocycles. The molecule has 2 aromatic heterocycles. The quantitative estimate of drug-likeness (QED) is 0.408. The van der Waals surface area contributed by atoms with Crippen LogP contribution in [0.3, 0.4) is 0 Å². The maximum atomic E-state index is 13.6. The summed E-state index contributed by atoms with van der Waals surface area (Å²) >= 11 is 6.34. The van der Waals surface area contributed by atoms with Crippen molar-refractivity contribution in [3.05, 3.63) is 52.5 Å². The lowest BCUT2D eigenvalue weighted by molar-refractivity contribution is -0.169. The van der Waals surface area contributed by atoms with Crippen molar-refractivity contribution in [1.82, 2.24) is 19.8 Å². The Kier molecular flexibility index (Phi) is 5.26. The number of nitrogens with zero attached hydrogens (tertiary/aromatic N) is 5. The first-order valence-electron chi connectivity index (χ1n) is 11.5. The highest BCUT2D eigenvalue weighted by molar-refractivity contribution is 7.91. The van der Waals surface area contributed by atoms with Crippen LogP contribution in [0.1, 0.15) is 24.0 Å². The van der Waals surface area contributed by atoms with E-state index in [1.165, 1.54) is 4.52 Å². The molecule has 2 aliphatic rings. The van der Waals surface area contributed by atoms with Gasteiger partial charge in [-0.05, 0) is 55.3 Å². The topological polar surface area (TPSA) is 98.9 Å². The van der Waals surface area contributed by atoms with E-state index in [9.17, 15) is 8.42 Å². The summed E-state index contributed by atoms with van der Waals surface area (Å²) in [6, 6.07) is 10.4. The molecule has 4 heterocycles. The fourth-order valence-corrected chi connectivity index (χ4v) is 6.30. The van der Waals surface area contributed by atoms with E-state index in [1.807, 2.05) is 26.0 Å².